The average Bonchev–Trinajstić information content (AvgIpc) is 2.72. The summed E-state index contributed by atoms with van der Waals surface area (Å²) in [6.45, 7) is 2.12. The van der Waals surface area contributed by atoms with Gasteiger partial charge >= 0.3 is 0 Å². The number of aryl methyl sites for hydroxylation is 1. The second-order valence-corrected chi connectivity index (χ2v) is 5.21. The van der Waals surface area contributed by atoms with E-state index in [9.17, 15) is 4.39 Å². The maximum Gasteiger partial charge on any atom is 0.128 e. The van der Waals surface area contributed by atoms with Crippen molar-refractivity contribution in [2.24, 2.45) is 0 Å². The van der Waals surface area contributed by atoms with Crippen LogP contribution in [0.4, 0.5) is 4.39 Å². The van der Waals surface area contributed by atoms with Crippen molar-refractivity contribution in [1.82, 2.24) is 4.98 Å². The molecule has 0 amide bonds. The minimum absolute atomic E-state index is 0.259. The van der Waals surface area contributed by atoms with Crippen LogP contribution in [0, 0.1) is 5.82 Å². The van der Waals surface area contributed by atoms with Crippen LogP contribution < -0.4 is 0 Å². The van der Waals surface area contributed by atoms with Gasteiger partial charge in [0, 0.05) is 22.4 Å². The Kier molecular flexibility index (Phi) is 4.13. The van der Waals surface area contributed by atoms with Crippen LogP contribution in [-0.4, -0.2) is 4.98 Å². The Hall–Kier alpha value is -0.930. The monoisotopic (exact) mass is 269 g/mol. The van der Waals surface area contributed by atoms with Gasteiger partial charge in [-0.25, -0.2) is 9.37 Å². The molecule has 4 heteroatoms. The fourth-order valence-electron chi connectivity index (χ4n) is 1.65. The summed E-state index contributed by atoms with van der Waals surface area (Å²) in [7, 11) is 0. The lowest BCUT2D eigenvalue weighted by Crippen LogP contribution is -1.94. The van der Waals surface area contributed by atoms with Gasteiger partial charge in [-0.15, -0.1) is 11.3 Å². The Bertz CT molecular complexity index is 490. The fraction of sp³-hybridized carbons (Fsp3) is 0.308. The van der Waals surface area contributed by atoms with Gasteiger partial charge in [-0.3, -0.25) is 0 Å². The maximum absolute atomic E-state index is 13.6. The SMILES string of the molecule is CCCc1csc(Cc2c(F)cccc2Cl)n1. The third kappa shape index (κ3) is 3.05. The first-order valence-corrected chi connectivity index (χ1v) is 6.82. The Labute approximate surface area is 109 Å². The third-order valence-electron chi connectivity index (χ3n) is 2.50. The maximum atomic E-state index is 13.6. The summed E-state index contributed by atoms with van der Waals surface area (Å²) in [5, 5.41) is 3.42. The van der Waals surface area contributed by atoms with E-state index in [1.807, 2.05) is 5.38 Å². The standard InChI is InChI=1S/C13H13ClFNS/c1-2-4-9-8-17-13(16-9)7-10-11(14)5-3-6-12(10)15/h3,5-6,8H,2,4,7H2,1H3. The summed E-state index contributed by atoms with van der Waals surface area (Å²) >= 11 is 7.55. The summed E-state index contributed by atoms with van der Waals surface area (Å²) < 4.78 is 13.6. The zero-order valence-electron chi connectivity index (χ0n) is 9.54. The average molecular weight is 270 g/mol. The zero-order chi connectivity index (χ0) is 12.3. The zero-order valence-corrected chi connectivity index (χ0v) is 11.1. The van der Waals surface area contributed by atoms with Crippen LogP contribution in [-0.2, 0) is 12.8 Å². The quantitative estimate of drug-likeness (QED) is 0.798. The van der Waals surface area contributed by atoms with E-state index in [1.165, 1.54) is 6.07 Å². The first kappa shape index (κ1) is 12.5. The van der Waals surface area contributed by atoms with Crippen LogP contribution in [0.25, 0.3) is 0 Å². The molecule has 90 valence electrons. The van der Waals surface area contributed by atoms with Crippen molar-refractivity contribution in [2.45, 2.75) is 26.2 Å². The Morgan fingerprint density at radius 1 is 1.41 bits per heavy atom. The normalized spacial score (nSPS) is 10.8. The Balaban J connectivity index is 2.19. The number of halogens is 2. The van der Waals surface area contributed by atoms with Gasteiger partial charge in [0.2, 0.25) is 0 Å². The van der Waals surface area contributed by atoms with Crippen molar-refractivity contribution in [3.8, 4) is 0 Å². The van der Waals surface area contributed by atoms with E-state index < -0.39 is 0 Å². The van der Waals surface area contributed by atoms with Crippen LogP contribution in [0.5, 0.6) is 0 Å². The predicted octanol–water partition coefficient (Wildman–Crippen LogP) is 4.48. The molecule has 2 aromatic rings. The highest BCUT2D eigenvalue weighted by Gasteiger charge is 2.10. The molecule has 0 atom stereocenters. The van der Waals surface area contributed by atoms with E-state index in [1.54, 1.807) is 23.5 Å². The van der Waals surface area contributed by atoms with E-state index in [0.29, 0.717) is 17.0 Å². The van der Waals surface area contributed by atoms with Gasteiger partial charge < -0.3 is 0 Å². The number of benzene rings is 1. The minimum Gasteiger partial charge on any atom is -0.246 e. The number of nitrogens with zero attached hydrogens (tertiary/aromatic N) is 1. The smallest absolute Gasteiger partial charge is 0.128 e. The molecule has 0 aliphatic heterocycles. The van der Waals surface area contributed by atoms with Crippen molar-refractivity contribution >= 4 is 22.9 Å². The van der Waals surface area contributed by atoms with Crippen molar-refractivity contribution in [1.29, 1.82) is 0 Å². The van der Waals surface area contributed by atoms with E-state index >= 15 is 0 Å². The first-order valence-electron chi connectivity index (χ1n) is 5.57. The molecule has 0 fully saturated rings. The van der Waals surface area contributed by atoms with Crippen LogP contribution >= 0.6 is 22.9 Å². The Morgan fingerprint density at radius 2 is 2.24 bits per heavy atom. The third-order valence-corrected chi connectivity index (χ3v) is 3.75. The number of thiazole rings is 1. The minimum atomic E-state index is -0.259. The molecule has 0 unspecified atom stereocenters. The molecule has 1 heterocycles. The summed E-state index contributed by atoms with van der Waals surface area (Å²) in [6.07, 6.45) is 2.52. The van der Waals surface area contributed by atoms with Crippen molar-refractivity contribution in [3.05, 3.63) is 50.7 Å². The highest BCUT2D eigenvalue weighted by atomic mass is 35.5. The van der Waals surface area contributed by atoms with Gasteiger partial charge in [-0.1, -0.05) is 31.0 Å². The molecule has 0 aliphatic rings. The van der Waals surface area contributed by atoms with Crippen molar-refractivity contribution in [3.63, 3.8) is 0 Å². The van der Waals surface area contributed by atoms with E-state index in [-0.39, 0.29) is 5.82 Å². The topological polar surface area (TPSA) is 12.9 Å². The molecule has 1 aromatic carbocycles. The molecule has 0 saturated carbocycles. The molecule has 0 bridgehead atoms. The molecule has 1 aromatic heterocycles. The molecular formula is C13H13ClFNS. The highest BCUT2D eigenvalue weighted by molar-refractivity contribution is 7.09. The lowest BCUT2D eigenvalue weighted by molar-refractivity contribution is 0.614. The number of hydrogen-bond acceptors (Lipinski definition) is 2. The molecule has 17 heavy (non-hydrogen) atoms. The molecule has 1 nitrogen and oxygen atoms in total. The van der Waals surface area contributed by atoms with Crippen LogP contribution in [0.2, 0.25) is 5.02 Å². The van der Waals surface area contributed by atoms with Crippen LogP contribution in [0.15, 0.2) is 23.6 Å². The van der Waals surface area contributed by atoms with Gasteiger partial charge in [-0.2, -0.15) is 0 Å². The molecule has 0 N–H and O–H groups in total. The van der Waals surface area contributed by atoms with Gasteiger partial charge in [0.1, 0.15) is 5.82 Å². The highest BCUT2D eigenvalue weighted by Crippen LogP contribution is 2.24. The summed E-state index contributed by atoms with van der Waals surface area (Å²) in [5.41, 5.74) is 1.62. The van der Waals surface area contributed by atoms with Gasteiger partial charge in [0.05, 0.1) is 10.7 Å². The van der Waals surface area contributed by atoms with Gasteiger partial charge in [0.15, 0.2) is 0 Å². The van der Waals surface area contributed by atoms with E-state index in [4.69, 9.17) is 11.6 Å². The Morgan fingerprint density at radius 3 is 2.94 bits per heavy atom. The van der Waals surface area contributed by atoms with Crippen molar-refractivity contribution in [2.75, 3.05) is 0 Å². The first-order chi connectivity index (χ1) is 8.20. The lowest BCUT2D eigenvalue weighted by Gasteiger charge is -2.02. The van der Waals surface area contributed by atoms with E-state index in [2.05, 4.69) is 11.9 Å². The van der Waals surface area contributed by atoms with Crippen LogP contribution in [0.3, 0.4) is 0 Å². The van der Waals surface area contributed by atoms with Gasteiger partial charge in [-0.05, 0) is 18.6 Å². The molecule has 0 saturated heterocycles. The summed E-state index contributed by atoms with van der Waals surface area (Å²) in [5.74, 6) is -0.259. The number of hydrogen-bond donors (Lipinski definition) is 0. The second kappa shape index (κ2) is 5.61. The van der Waals surface area contributed by atoms with Crippen molar-refractivity contribution < 1.29 is 4.39 Å². The number of rotatable bonds is 4. The van der Waals surface area contributed by atoms with Crippen LogP contribution in [0.1, 0.15) is 29.6 Å². The largest absolute Gasteiger partial charge is 0.246 e. The second-order valence-electron chi connectivity index (χ2n) is 3.86. The molecular weight excluding hydrogens is 257 g/mol. The fourth-order valence-corrected chi connectivity index (χ4v) is 2.72. The van der Waals surface area contributed by atoms with E-state index in [0.717, 1.165) is 23.5 Å². The molecule has 0 radical (unpaired) electrons. The summed E-state index contributed by atoms with van der Waals surface area (Å²) in [4.78, 5) is 4.47. The van der Waals surface area contributed by atoms with Gasteiger partial charge in [0.25, 0.3) is 0 Å². The lowest BCUT2D eigenvalue weighted by atomic mass is 10.1. The molecule has 2 rings (SSSR count). The number of aromatic nitrogens is 1. The predicted molar refractivity (Wildman–Crippen MR) is 70.3 cm³/mol. The molecule has 0 aliphatic carbocycles. The molecule has 0 spiro atoms. The summed E-state index contributed by atoms with van der Waals surface area (Å²) in [6, 6.07) is 4.76.